The van der Waals surface area contributed by atoms with Gasteiger partial charge >= 0.3 is 12.1 Å². The molecule has 0 radical (unpaired) electrons. The van der Waals surface area contributed by atoms with Crippen LogP contribution in [0.4, 0.5) is 4.79 Å². The summed E-state index contributed by atoms with van der Waals surface area (Å²) in [5.74, 6) is 4.60. The van der Waals surface area contributed by atoms with Gasteiger partial charge in [-0.25, -0.2) is 4.79 Å². The van der Waals surface area contributed by atoms with Gasteiger partial charge in [-0.3, -0.25) is 9.69 Å². The van der Waals surface area contributed by atoms with Crippen LogP contribution in [0.2, 0.25) is 0 Å². The highest BCUT2D eigenvalue weighted by atomic mass is 16.6. The number of likely N-dealkylation sites (tertiary alicyclic amines) is 1. The fraction of sp³-hybridized carbons (Fsp3) is 0.784. The molecule has 10 atom stereocenters. The average molecular weight is 595 g/mol. The average Bonchev–Trinajstić information content (AvgIpc) is 3.71. The maximum atomic E-state index is 12.2. The van der Waals surface area contributed by atoms with Gasteiger partial charge in [0.2, 0.25) is 0 Å². The number of nitrogens with one attached hydrogen (secondary N) is 1. The van der Waals surface area contributed by atoms with Crippen molar-refractivity contribution in [1.82, 2.24) is 10.2 Å². The van der Waals surface area contributed by atoms with Crippen LogP contribution in [0.15, 0.2) is 37.5 Å². The highest BCUT2D eigenvalue weighted by Crippen LogP contribution is 2.51. The molecule has 0 spiro atoms. The molecule has 240 valence electrons. The van der Waals surface area contributed by atoms with Crippen LogP contribution in [0.25, 0.3) is 0 Å². The van der Waals surface area contributed by atoms with Gasteiger partial charge in [0.1, 0.15) is 6.61 Å². The van der Waals surface area contributed by atoms with Crippen molar-refractivity contribution >= 4 is 12.1 Å². The van der Waals surface area contributed by atoms with Gasteiger partial charge in [0.25, 0.3) is 0 Å². The minimum atomic E-state index is -0.450. The third-order valence-electron chi connectivity index (χ3n) is 11.8. The van der Waals surface area contributed by atoms with Crippen LogP contribution < -0.4 is 5.32 Å². The number of esters is 1. The van der Waals surface area contributed by atoms with E-state index in [9.17, 15) is 9.59 Å². The molecule has 0 aromatic rings. The lowest BCUT2D eigenvalue weighted by Crippen LogP contribution is -2.43. The van der Waals surface area contributed by atoms with Gasteiger partial charge in [-0.2, -0.15) is 0 Å². The molecule has 10 unspecified atom stereocenters. The molecule has 1 N–H and O–H groups in total. The molecule has 1 aliphatic heterocycles. The molecule has 0 bridgehead atoms. The number of hydrogen-bond acceptors (Lipinski definition) is 5. The Balaban J connectivity index is 1.13. The Morgan fingerprint density at radius 1 is 0.814 bits per heavy atom. The third kappa shape index (κ3) is 7.96. The number of carbonyl (C=O) groups is 2. The Kier molecular flexibility index (Phi) is 11.5. The Labute approximate surface area is 261 Å². The summed E-state index contributed by atoms with van der Waals surface area (Å²) in [6.07, 6.45) is 25.0. The first-order chi connectivity index (χ1) is 20.9. The van der Waals surface area contributed by atoms with E-state index in [1.54, 1.807) is 13.8 Å². The molecule has 1 heterocycles. The lowest BCUT2D eigenvalue weighted by molar-refractivity contribution is -0.147. The molecular formula is C37H58N2O4. The van der Waals surface area contributed by atoms with Crippen molar-refractivity contribution in [1.29, 1.82) is 0 Å². The number of allylic oxidation sites excluding steroid dienone is 4. The van der Waals surface area contributed by atoms with Gasteiger partial charge in [0.15, 0.2) is 0 Å². The zero-order chi connectivity index (χ0) is 30.3. The molecule has 0 aromatic carbocycles. The SMILES string of the molecule is C=CC1CC(/C=C\C2CC(C=C)C(COC(=O)NCCOC(=O)C(C)C)C2)C(CN2C3CCCCC3C3CCCCC32)C1. The van der Waals surface area contributed by atoms with Crippen LogP contribution in [-0.2, 0) is 14.3 Å². The second-order valence-corrected chi connectivity index (χ2v) is 14.7. The molecule has 5 rings (SSSR count). The van der Waals surface area contributed by atoms with Crippen molar-refractivity contribution < 1.29 is 19.1 Å². The summed E-state index contributed by atoms with van der Waals surface area (Å²) >= 11 is 0. The first-order valence-electron chi connectivity index (χ1n) is 17.6. The van der Waals surface area contributed by atoms with Crippen LogP contribution in [0, 0.1) is 53.3 Å². The van der Waals surface area contributed by atoms with E-state index in [2.05, 4.69) is 41.6 Å². The lowest BCUT2D eigenvalue weighted by Gasteiger charge is -2.37. The van der Waals surface area contributed by atoms with E-state index in [1.807, 2.05) is 6.08 Å². The minimum absolute atomic E-state index is 0.160. The van der Waals surface area contributed by atoms with Crippen LogP contribution in [-0.4, -0.2) is 55.3 Å². The molecule has 1 saturated heterocycles. The molecule has 43 heavy (non-hydrogen) atoms. The van der Waals surface area contributed by atoms with Gasteiger partial charge < -0.3 is 14.8 Å². The number of hydrogen-bond donors (Lipinski definition) is 1. The summed E-state index contributed by atoms with van der Waals surface area (Å²) < 4.78 is 10.7. The number of rotatable bonds is 12. The van der Waals surface area contributed by atoms with Crippen molar-refractivity contribution in [3.63, 3.8) is 0 Å². The molecular weight excluding hydrogens is 536 g/mol. The van der Waals surface area contributed by atoms with Crippen molar-refractivity contribution in [2.45, 2.75) is 103 Å². The quantitative estimate of drug-likeness (QED) is 0.144. The molecule has 4 aliphatic carbocycles. The zero-order valence-electron chi connectivity index (χ0n) is 27.0. The highest BCUT2D eigenvalue weighted by molar-refractivity contribution is 5.71. The monoisotopic (exact) mass is 594 g/mol. The predicted molar refractivity (Wildman–Crippen MR) is 172 cm³/mol. The van der Waals surface area contributed by atoms with E-state index in [1.165, 1.54) is 70.8 Å². The molecule has 5 fully saturated rings. The maximum absolute atomic E-state index is 12.2. The summed E-state index contributed by atoms with van der Waals surface area (Å²) in [5.41, 5.74) is 0. The molecule has 5 aliphatic rings. The van der Waals surface area contributed by atoms with Crippen LogP contribution in [0.1, 0.15) is 90.9 Å². The van der Waals surface area contributed by atoms with Crippen LogP contribution >= 0.6 is 0 Å². The Morgan fingerprint density at radius 3 is 2.12 bits per heavy atom. The summed E-state index contributed by atoms with van der Waals surface area (Å²) in [6, 6.07) is 1.68. The molecule has 6 heteroatoms. The summed E-state index contributed by atoms with van der Waals surface area (Å²) in [7, 11) is 0. The largest absolute Gasteiger partial charge is 0.464 e. The summed E-state index contributed by atoms with van der Waals surface area (Å²) in [4.78, 5) is 26.8. The van der Waals surface area contributed by atoms with Crippen LogP contribution in [0.5, 0.6) is 0 Å². The highest BCUT2D eigenvalue weighted by Gasteiger charge is 2.50. The number of alkyl carbamates (subject to hydrolysis) is 1. The molecule has 1 amide bonds. The molecule has 0 aromatic heterocycles. The van der Waals surface area contributed by atoms with Gasteiger partial charge in [-0.15, -0.1) is 13.2 Å². The second kappa shape index (κ2) is 15.3. The van der Waals surface area contributed by atoms with E-state index in [4.69, 9.17) is 9.47 Å². The fourth-order valence-electron chi connectivity index (χ4n) is 9.57. The van der Waals surface area contributed by atoms with Crippen molar-refractivity contribution in [3.05, 3.63) is 37.5 Å². The minimum Gasteiger partial charge on any atom is -0.464 e. The first kappa shape index (κ1) is 32.3. The predicted octanol–water partition coefficient (Wildman–Crippen LogP) is 7.56. The van der Waals surface area contributed by atoms with E-state index >= 15 is 0 Å². The van der Waals surface area contributed by atoms with Gasteiger partial charge in [-0.05, 0) is 92.8 Å². The molecule has 6 nitrogen and oxygen atoms in total. The van der Waals surface area contributed by atoms with Gasteiger partial charge in [0, 0.05) is 24.5 Å². The standard InChI is InChI=1S/C37H58N2O4/c1-5-26-19-29(30(20-26)23-39-34-13-9-7-11-32(34)33-12-8-10-14-35(33)39)16-15-27-21-28(6-2)31(22-27)24-43-37(41)38-17-18-42-36(40)25(3)4/h5-6,15-16,25-35H,1-2,7-14,17-24H2,3-4H3,(H,38,41)/b16-15-. The lowest BCUT2D eigenvalue weighted by atomic mass is 9.73. The zero-order valence-corrected chi connectivity index (χ0v) is 27.0. The van der Waals surface area contributed by atoms with Crippen molar-refractivity contribution in [2.75, 3.05) is 26.3 Å². The van der Waals surface area contributed by atoms with Gasteiger partial charge in [-0.1, -0.05) is 63.8 Å². The Morgan fingerprint density at radius 2 is 1.47 bits per heavy atom. The Bertz CT molecular complexity index is 971. The summed E-state index contributed by atoms with van der Waals surface area (Å²) in [6.45, 7) is 14.0. The summed E-state index contributed by atoms with van der Waals surface area (Å²) in [5, 5.41) is 2.70. The third-order valence-corrected chi connectivity index (χ3v) is 11.8. The number of nitrogens with zero attached hydrogens (tertiary/aromatic N) is 1. The van der Waals surface area contributed by atoms with E-state index < -0.39 is 6.09 Å². The van der Waals surface area contributed by atoms with Crippen molar-refractivity contribution in [3.8, 4) is 0 Å². The van der Waals surface area contributed by atoms with Gasteiger partial charge in [0.05, 0.1) is 19.1 Å². The smallest absolute Gasteiger partial charge is 0.407 e. The number of carbonyl (C=O) groups excluding carboxylic acids is 2. The normalized spacial score (nSPS) is 37.7. The second-order valence-electron chi connectivity index (χ2n) is 14.7. The Hall–Kier alpha value is -2.08. The van der Waals surface area contributed by atoms with Crippen molar-refractivity contribution in [2.24, 2.45) is 53.3 Å². The maximum Gasteiger partial charge on any atom is 0.407 e. The van der Waals surface area contributed by atoms with E-state index in [0.717, 1.165) is 42.7 Å². The fourth-order valence-corrected chi connectivity index (χ4v) is 9.57. The number of amides is 1. The van der Waals surface area contributed by atoms with E-state index in [0.29, 0.717) is 30.3 Å². The first-order valence-corrected chi connectivity index (χ1v) is 17.6. The number of fused-ring (bicyclic) bond motifs is 3. The van der Waals surface area contributed by atoms with E-state index in [-0.39, 0.29) is 31.0 Å². The molecule has 4 saturated carbocycles. The van der Waals surface area contributed by atoms with Crippen LogP contribution in [0.3, 0.4) is 0 Å². The number of ether oxygens (including phenoxy) is 2. The topological polar surface area (TPSA) is 67.9 Å².